The van der Waals surface area contributed by atoms with E-state index in [9.17, 15) is 18.0 Å². The maximum absolute atomic E-state index is 13.0. The average Bonchev–Trinajstić information content (AvgIpc) is 2.86. The molecule has 0 saturated heterocycles. The van der Waals surface area contributed by atoms with Crippen LogP contribution >= 0.6 is 0 Å². The molecule has 3 N–H and O–H groups in total. The van der Waals surface area contributed by atoms with Gasteiger partial charge in [-0.15, -0.1) is 0 Å². The molecule has 0 radical (unpaired) electrons. The van der Waals surface area contributed by atoms with Crippen molar-refractivity contribution in [2.75, 3.05) is 0 Å². The molecule has 0 aromatic carbocycles. The lowest BCUT2D eigenvalue weighted by molar-refractivity contribution is -0.132. The van der Waals surface area contributed by atoms with Crippen LogP contribution in [0.5, 0.6) is 0 Å². The Hall–Kier alpha value is -2.84. The van der Waals surface area contributed by atoms with Gasteiger partial charge < -0.3 is 10.8 Å². The van der Waals surface area contributed by atoms with Crippen LogP contribution in [0.25, 0.3) is 5.52 Å². The Bertz CT molecular complexity index is 746. The van der Waals surface area contributed by atoms with Crippen molar-refractivity contribution in [1.82, 2.24) is 9.61 Å². The third-order valence-corrected chi connectivity index (χ3v) is 2.57. The zero-order valence-electron chi connectivity index (χ0n) is 10.4. The quantitative estimate of drug-likeness (QED) is 0.668. The highest BCUT2D eigenvalue weighted by Gasteiger charge is 2.40. The van der Waals surface area contributed by atoms with Crippen molar-refractivity contribution in [3.63, 3.8) is 0 Å². The summed E-state index contributed by atoms with van der Waals surface area (Å²) in [6.07, 6.45) is -1.68. The molecule has 0 atom stereocenters. The van der Waals surface area contributed by atoms with Gasteiger partial charge in [0.15, 0.2) is 5.71 Å². The molecule has 2 rings (SSSR count). The molecule has 9 heteroatoms. The average molecular weight is 298 g/mol. The molecule has 0 aliphatic rings. The number of carboxylic acids is 1. The maximum atomic E-state index is 13.0. The van der Waals surface area contributed by atoms with Crippen LogP contribution < -0.4 is 5.73 Å². The fraction of sp³-hybridized carbons (Fsp3) is 0.0833. The summed E-state index contributed by atoms with van der Waals surface area (Å²) in [7, 11) is 0. The number of aliphatic carboxylic acids is 1. The molecule has 0 fully saturated rings. The van der Waals surface area contributed by atoms with Gasteiger partial charge in [-0.1, -0.05) is 0 Å². The summed E-state index contributed by atoms with van der Waals surface area (Å²) in [4.78, 5) is 14.3. The Morgan fingerprint density at radius 3 is 2.71 bits per heavy atom. The highest BCUT2D eigenvalue weighted by Crippen LogP contribution is 2.28. The fourth-order valence-electron chi connectivity index (χ4n) is 1.68. The number of hydrogen-bond donors (Lipinski definition) is 2. The molecule has 2 aromatic rings. The summed E-state index contributed by atoms with van der Waals surface area (Å²) in [5.41, 5.74) is 2.52. The molecule has 110 valence electrons. The van der Waals surface area contributed by atoms with Crippen LogP contribution in [-0.2, 0) is 4.79 Å². The molecule has 2 aromatic heterocycles. The Labute approximate surface area is 116 Å². The third kappa shape index (κ3) is 2.86. The van der Waals surface area contributed by atoms with Gasteiger partial charge in [-0.3, -0.25) is 0 Å². The molecule has 0 unspecified atom stereocenters. The predicted molar refractivity (Wildman–Crippen MR) is 68.2 cm³/mol. The zero-order chi connectivity index (χ0) is 15.6. The summed E-state index contributed by atoms with van der Waals surface area (Å²) in [5, 5.41) is 12.7. The normalized spacial score (nSPS) is 13.7. The van der Waals surface area contributed by atoms with E-state index >= 15 is 0 Å². The Kier molecular flexibility index (Phi) is 3.66. The van der Waals surface area contributed by atoms with Crippen LogP contribution in [-0.4, -0.2) is 32.6 Å². The van der Waals surface area contributed by atoms with Crippen molar-refractivity contribution >= 4 is 22.9 Å². The number of pyridine rings is 1. The number of nitrogens with two attached hydrogens (primary N) is 1. The van der Waals surface area contributed by atoms with Crippen molar-refractivity contribution in [2.45, 2.75) is 6.18 Å². The van der Waals surface area contributed by atoms with Crippen molar-refractivity contribution in [2.24, 2.45) is 10.7 Å². The second-order valence-electron chi connectivity index (χ2n) is 3.90. The molecule has 0 amide bonds. The van der Waals surface area contributed by atoms with Crippen LogP contribution in [0.2, 0.25) is 0 Å². The number of rotatable bonds is 3. The Morgan fingerprint density at radius 2 is 2.14 bits per heavy atom. The zero-order valence-corrected chi connectivity index (χ0v) is 10.4. The van der Waals surface area contributed by atoms with Gasteiger partial charge in [-0.2, -0.15) is 18.3 Å². The van der Waals surface area contributed by atoms with E-state index in [0.717, 1.165) is 0 Å². The molecule has 21 heavy (non-hydrogen) atoms. The fourth-order valence-corrected chi connectivity index (χ4v) is 1.68. The minimum Gasteiger partial charge on any atom is -0.478 e. The first kappa shape index (κ1) is 14.6. The largest absolute Gasteiger partial charge is 0.478 e. The van der Waals surface area contributed by atoms with Gasteiger partial charge in [-0.05, 0) is 18.2 Å². The first-order valence-electron chi connectivity index (χ1n) is 5.58. The highest BCUT2D eigenvalue weighted by molar-refractivity contribution is 6.22. The van der Waals surface area contributed by atoms with Gasteiger partial charge in [0.2, 0.25) is 0 Å². The number of carboxylic acid groups (broad SMARTS) is 1. The van der Waals surface area contributed by atoms with E-state index in [1.54, 1.807) is 0 Å². The standard InChI is InChI=1S/C12H9F3N4O2/c13-12(14,15)10(7(6-16)11(20)21)18-8-2-1-5-19-9(8)3-4-17-19/h1-6H,16H2,(H,20,21). The summed E-state index contributed by atoms with van der Waals surface area (Å²) < 4.78 is 40.4. The van der Waals surface area contributed by atoms with Gasteiger partial charge in [0.05, 0.1) is 17.4 Å². The van der Waals surface area contributed by atoms with E-state index in [0.29, 0.717) is 11.7 Å². The monoisotopic (exact) mass is 298 g/mol. The summed E-state index contributed by atoms with van der Waals surface area (Å²) in [6.45, 7) is 0. The van der Waals surface area contributed by atoms with Crippen LogP contribution in [0, 0.1) is 0 Å². The van der Waals surface area contributed by atoms with Crippen molar-refractivity contribution in [1.29, 1.82) is 0 Å². The number of halogens is 3. The van der Waals surface area contributed by atoms with E-state index in [1.807, 2.05) is 0 Å². The lowest BCUT2D eigenvalue weighted by Crippen LogP contribution is -2.29. The van der Waals surface area contributed by atoms with Gasteiger partial charge in [0.25, 0.3) is 0 Å². The number of hydrogen-bond acceptors (Lipinski definition) is 4. The van der Waals surface area contributed by atoms with Crippen LogP contribution in [0.4, 0.5) is 18.9 Å². The number of nitrogens with zero attached hydrogens (tertiary/aromatic N) is 3. The molecule has 0 spiro atoms. The second-order valence-corrected chi connectivity index (χ2v) is 3.90. The SMILES string of the molecule is NC=C(C(=O)O)C(=Nc1cccn2nccc12)C(F)(F)F. The molecular formula is C12H9F3N4O2. The number of carbonyl (C=O) groups is 1. The van der Waals surface area contributed by atoms with Gasteiger partial charge in [0.1, 0.15) is 5.57 Å². The van der Waals surface area contributed by atoms with Crippen LogP contribution in [0.3, 0.4) is 0 Å². The molecule has 0 aliphatic heterocycles. The molecule has 0 aliphatic carbocycles. The first-order valence-corrected chi connectivity index (χ1v) is 5.58. The van der Waals surface area contributed by atoms with Crippen molar-refractivity contribution in [3.8, 4) is 0 Å². The first-order chi connectivity index (χ1) is 9.84. The number of aliphatic imine (C=N–C) groups is 1. The summed E-state index contributed by atoms with van der Waals surface area (Å²) in [6, 6.07) is 4.22. The number of alkyl halides is 3. The Morgan fingerprint density at radius 1 is 1.43 bits per heavy atom. The van der Waals surface area contributed by atoms with E-state index in [2.05, 4.69) is 10.1 Å². The summed E-state index contributed by atoms with van der Waals surface area (Å²) in [5.74, 6) is -1.81. The lowest BCUT2D eigenvalue weighted by atomic mass is 10.1. The van der Waals surface area contributed by atoms with Crippen LogP contribution in [0.15, 0.2) is 47.4 Å². The topological polar surface area (TPSA) is 93.0 Å². The lowest BCUT2D eigenvalue weighted by Gasteiger charge is -2.11. The highest BCUT2D eigenvalue weighted by atomic mass is 19.4. The minimum absolute atomic E-state index is 0.0667. The maximum Gasteiger partial charge on any atom is 0.434 e. The van der Waals surface area contributed by atoms with Crippen molar-refractivity contribution < 1.29 is 23.1 Å². The smallest absolute Gasteiger partial charge is 0.434 e. The molecule has 0 saturated carbocycles. The molecular weight excluding hydrogens is 289 g/mol. The summed E-state index contributed by atoms with van der Waals surface area (Å²) >= 11 is 0. The van der Waals surface area contributed by atoms with E-state index in [-0.39, 0.29) is 5.69 Å². The van der Waals surface area contributed by atoms with Gasteiger partial charge >= 0.3 is 12.1 Å². The van der Waals surface area contributed by atoms with Crippen LogP contribution in [0.1, 0.15) is 0 Å². The predicted octanol–water partition coefficient (Wildman–Crippen LogP) is 1.90. The molecule has 6 nitrogen and oxygen atoms in total. The van der Waals surface area contributed by atoms with E-state index < -0.39 is 23.4 Å². The number of aromatic nitrogens is 2. The van der Waals surface area contributed by atoms with Gasteiger partial charge in [-0.25, -0.2) is 14.3 Å². The number of fused-ring (bicyclic) bond motifs is 1. The van der Waals surface area contributed by atoms with Gasteiger partial charge in [0, 0.05) is 12.4 Å². The van der Waals surface area contributed by atoms with E-state index in [1.165, 1.54) is 35.1 Å². The minimum atomic E-state index is -4.96. The third-order valence-electron chi connectivity index (χ3n) is 2.57. The van der Waals surface area contributed by atoms with Crippen molar-refractivity contribution in [3.05, 3.63) is 42.4 Å². The molecule has 2 heterocycles. The molecule has 0 bridgehead atoms. The van der Waals surface area contributed by atoms with E-state index in [4.69, 9.17) is 10.8 Å². The Balaban J connectivity index is 2.66. The second kappa shape index (κ2) is 5.27.